The van der Waals surface area contributed by atoms with Crippen molar-refractivity contribution in [3.05, 3.63) is 23.6 Å². The number of aromatic nitrogens is 1. The van der Waals surface area contributed by atoms with E-state index in [9.17, 15) is 0 Å². The van der Waals surface area contributed by atoms with Gasteiger partial charge in [-0.25, -0.2) is 4.98 Å². The van der Waals surface area contributed by atoms with Crippen molar-refractivity contribution in [3.8, 4) is 0 Å². The van der Waals surface area contributed by atoms with Gasteiger partial charge in [-0.2, -0.15) is 0 Å². The Labute approximate surface area is 89.3 Å². The van der Waals surface area contributed by atoms with Crippen molar-refractivity contribution in [2.24, 2.45) is 0 Å². The predicted octanol–water partition coefficient (Wildman–Crippen LogP) is 3.10. The molecule has 15 heavy (non-hydrogen) atoms. The molecule has 0 radical (unpaired) electrons. The van der Waals surface area contributed by atoms with Crippen molar-refractivity contribution < 1.29 is 4.42 Å². The number of benzene rings is 1. The second-order valence-corrected chi connectivity index (χ2v) is 4.09. The van der Waals surface area contributed by atoms with Crippen molar-refractivity contribution in [1.29, 1.82) is 0 Å². The van der Waals surface area contributed by atoms with E-state index in [1.807, 2.05) is 12.1 Å². The molecule has 0 aliphatic carbocycles. The molecule has 0 saturated heterocycles. The lowest BCUT2D eigenvalue weighted by Gasteiger charge is -1.98. The monoisotopic (exact) mass is 204 g/mol. The van der Waals surface area contributed by atoms with Gasteiger partial charge in [0.1, 0.15) is 5.52 Å². The fourth-order valence-electron chi connectivity index (χ4n) is 1.59. The summed E-state index contributed by atoms with van der Waals surface area (Å²) in [5.41, 5.74) is 9.38. The van der Waals surface area contributed by atoms with Crippen molar-refractivity contribution >= 4 is 16.8 Å². The summed E-state index contributed by atoms with van der Waals surface area (Å²) in [6.07, 6.45) is 0.962. The molecule has 0 saturated carbocycles. The number of oxazole rings is 1. The van der Waals surface area contributed by atoms with Crippen molar-refractivity contribution in [2.75, 3.05) is 5.73 Å². The van der Waals surface area contributed by atoms with Crippen LogP contribution in [0.4, 0.5) is 5.69 Å². The first-order chi connectivity index (χ1) is 7.11. The standard InChI is InChI=1S/C12H16N2O/c1-4-8-5-9(13)11-10(6-8)14-12(15-11)7(2)3/h5-7H,4,13H2,1-3H3. The van der Waals surface area contributed by atoms with Gasteiger partial charge in [0, 0.05) is 5.92 Å². The molecule has 2 N–H and O–H groups in total. The van der Waals surface area contributed by atoms with Gasteiger partial charge in [-0.1, -0.05) is 20.8 Å². The maximum absolute atomic E-state index is 5.91. The number of rotatable bonds is 2. The van der Waals surface area contributed by atoms with Gasteiger partial charge in [-0.3, -0.25) is 0 Å². The summed E-state index contributed by atoms with van der Waals surface area (Å²) < 4.78 is 5.62. The average Bonchev–Trinajstić information content (AvgIpc) is 2.61. The van der Waals surface area contributed by atoms with E-state index < -0.39 is 0 Å². The Morgan fingerprint density at radius 1 is 1.40 bits per heavy atom. The molecule has 1 heterocycles. The summed E-state index contributed by atoms with van der Waals surface area (Å²) in [7, 11) is 0. The second kappa shape index (κ2) is 3.57. The topological polar surface area (TPSA) is 52.0 Å². The first-order valence-electron chi connectivity index (χ1n) is 5.30. The van der Waals surface area contributed by atoms with Crippen LogP contribution in [-0.2, 0) is 6.42 Å². The van der Waals surface area contributed by atoms with Crippen LogP contribution in [0.1, 0.15) is 38.1 Å². The van der Waals surface area contributed by atoms with Gasteiger partial charge in [0.25, 0.3) is 0 Å². The zero-order valence-corrected chi connectivity index (χ0v) is 9.37. The fourth-order valence-corrected chi connectivity index (χ4v) is 1.59. The quantitative estimate of drug-likeness (QED) is 0.765. The van der Waals surface area contributed by atoms with E-state index in [-0.39, 0.29) is 0 Å². The van der Waals surface area contributed by atoms with E-state index in [1.54, 1.807) is 0 Å². The highest BCUT2D eigenvalue weighted by Gasteiger charge is 2.12. The van der Waals surface area contributed by atoms with Crippen LogP contribution in [0.25, 0.3) is 11.1 Å². The maximum atomic E-state index is 5.91. The Hall–Kier alpha value is -1.51. The Kier molecular flexibility index (Phi) is 2.39. The second-order valence-electron chi connectivity index (χ2n) is 4.09. The van der Waals surface area contributed by atoms with Crippen LogP contribution in [0, 0.1) is 0 Å². The molecule has 0 fully saturated rings. The molecule has 0 aliphatic heterocycles. The van der Waals surface area contributed by atoms with E-state index >= 15 is 0 Å². The predicted molar refractivity (Wildman–Crippen MR) is 61.9 cm³/mol. The van der Waals surface area contributed by atoms with Crippen LogP contribution in [0.15, 0.2) is 16.5 Å². The summed E-state index contributed by atoms with van der Waals surface area (Å²) in [4.78, 5) is 4.44. The molecule has 0 bridgehead atoms. The summed E-state index contributed by atoms with van der Waals surface area (Å²) >= 11 is 0. The van der Waals surface area contributed by atoms with E-state index in [2.05, 4.69) is 25.8 Å². The number of aryl methyl sites for hydroxylation is 1. The van der Waals surface area contributed by atoms with E-state index in [4.69, 9.17) is 10.2 Å². The molecule has 0 atom stereocenters. The van der Waals surface area contributed by atoms with Crippen LogP contribution >= 0.6 is 0 Å². The number of hydrogen-bond donors (Lipinski definition) is 1. The van der Waals surface area contributed by atoms with Crippen LogP contribution in [-0.4, -0.2) is 4.98 Å². The molecule has 0 unspecified atom stereocenters. The van der Waals surface area contributed by atoms with Crippen LogP contribution in [0.2, 0.25) is 0 Å². The SMILES string of the molecule is CCc1cc(N)c2oc(C(C)C)nc2c1. The maximum Gasteiger partial charge on any atom is 0.198 e. The normalized spacial score (nSPS) is 11.5. The zero-order valence-electron chi connectivity index (χ0n) is 9.37. The average molecular weight is 204 g/mol. The molecule has 0 spiro atoms. The molecule has 3 nitrogen and oxygen atoms in total. The number of anilines is 1. The van der Waals surface area contributed by atoms with E-state index in [0.29, 0.717) is 11.6 Å². The molecule has 80 valence electrons. The summed E-state index contributed by atoms with van der Waals surface area (Å²) in [6.45, 7) is 6.22. The molecular weight excluding hydrogens is 188 g/mol. The van der Waals surface area contributed by atoms with Gasteiger partial charge >= 0.3 is 0 Å². The number of hydrogen-bond acceptors (Lipinski definition) is 3. The van der Waals surface area contributed by atoms with Gasteiger partial charge in [-0.05, 0) is 24.1 Å². The van der Waals surface area contributed by atoms with Crippen LogP contribution in [0.5, 0.6) is 0 Å². The minimum atomic E-state index is 0.293. The smallest absolute Gasteiger partial charge is 0.198 e. The Morgan fingerprint density at radius 2 is 2.13 bits per heavy atom. The highest BCUT2D eigenvalue weighted by atomic mass is 16.3. The summed E-state index contributed by atoms with van der Waals surface area (Å²) in [5, 5.41) is 0. The third-order valence-corrected chi connectivity index (χ3v) is 2.50. The number of nitrogens with two attached hydrogens (primary N) is 1. The van der Waals surface area contributed by atoms with Gasteiger partial charge in [0.2, 0.25) is 0 Å². The third-order valence-electron chi connectivity index (χ3n) is 2.50. The lowest BCUT2D eigenvalue weighted by Crippen LogP contribution is -1.88. The molecule has 2 aromatic rings. The fraction of sp³-hybridized carbons (Fsp3) is 0.417. The van der Waals surface area contributed by atoms with E-state index in [1.165, 1.54) is 5.56 Å². The van der Waals surface area contributed by atoms with Crippen molar-refractivity contribution in [3.63, 3.8) is 0 Å². The number of fused-ring (bicyclic) bond motifs is 1. The Balaban J connectivity index is 2.64. The molecule has 0 amide bonds. The molecule has 2 rings (SSSR count). The summed E-state index contributed by atoms with van der Waals surface area (Å²) in [6, 6.07) is 4.00. The molecule has 1 aromatic heterocycles. The number of nitrogen functional groups attached to an aromatic ring is 1. The van der Waals surface area contributed by atoms with Gasteiger partial charge in [-0.15, -0.1) is 0 Å². The van der Waals surface area contributed by atoms with Crippen LogP contribution < -0.4 is 5.73 Å². The van der Waals surface area contributed by atoms with Crippen molar-refractivity contribution in [2.45, 2.75) is 33.1 Å². The Morgan fingerprint density at radius 3 is 2.73 bits per heavy atom. The number of nitrogens with zero attached hydrogens (tertiary/aromatic N) is 1. The minimum Gasteiger partial charge on any atom is -0.438 e. The Bertz CT molecular complexity index is 486. The first-order valence-corrected chi connectivity index (χ1v) is 5.30. The lowest BCUT2D eigenvalue weighted by molar-refractivity contribution is 0.502. The molecular formula is C12H16N2O. The molecule has 1 aromatic carbocycles. The van der Waals surface area contributed by atoms with Gasteiger partial charge in [0.15, 0.2) is 11.5 Å². The lowest BCUT2D eigenvalue weighted by atomic mass is 10.1. The minimum absolute atomic E-state index is 0.293. The van der Waals surface area contributed by atoms with E-state index in [0.717, 1.165) is 23.4 Å². The van der Waals surface area contributed by atoms with Crippen LogP contribution in [0.3, 0.4) is 0 Å². The third kappa shape index (κ3) is 1.69. The zero-order chi connectivity index (χ0) is 11.0. The first kappa shape index (κ1) is 10.0. The van der Waals surface area contributed by atoms with Crippen molar-refractivity contribution in [1.82, 2.24) is 4.98 Å². The van der Waals surface area contributed by atoms with Gasteiger partial charge in [0.05, 0.1) is 5.69 Å². The molecule has 3 heteroatoms. The summed E-state index contributed by atoms with van der Waals surface area (Å²) in [5.74, 6) is 1.05. The highest BCUT2D eigenvalue weighted by Crippen LogP contribution is 2.27. The largest absolute Gasteiger partial charge is 0.438 e. The van der Waals surface area contributed by atoms with Gasteiger partial charge < -0.3 is 10.2 Å². The highest BCUT2D eigenvalue weighted by molar-refractivity contribution is 5.85. The molecule has 0 aliphatic rings.